The third kappa shape index (κ3) is 4.10. The number of rotatable bonds is 5. The van der Waals surface area contributed by atoms with E-state index < -0.39 is 0 Å². The molecule has 0 bridgehead atoms. The fourth-order valence-corrected chi connectivity index (χ4v) is 3.87. The Kier molecular flexibility index (Phi) is 5.27. The summed E-state index contributed by atoms with van der Waals surface area (Å²) in [7, 11) is 0. The van der Waals surface area contributed by atoms with Crippen molar-refractivity contribution in [3.8, 4) is 6.07 Å². The molecule has 0 aliphatic carbocycles. The Morgan fingerprint density at radius 2 is 2.22 bits per heavy atom. The van der Waals surface area contributed by atoms with Gasteiger partial charge in [0.15, 0.2) is 0 Å². The molecule has 1 unspecified atom stereocenters. The predicted molar refractivity (Wildman–Crippen MR) is 94.5 cm³/mol. The fourth-order valence-electron chi connectivity index (χ4n) is 3.01. The van der Waals surface area contributed by atoms with E-state index in [2.05, 4.69) is 45.7 Å². The molecule has 1 atom stereocenters. The van der Waals surface area contributed by atoms with Crippen LogP contribution in [-0.2, 0) is 0 Å². The molecule has 2 aromatic rings. The summed E-state index contributed by atoms with van der Waals surface area (Å²) in [5.74, 6) is 0.839. The van der Waals surface area contributed by atoms with E-state index in [4.69, 9.17) is 5.26 Å². The van der Waals surface area contributed by atoms with Crippen LogP contribution < -0.4 is 5.32 Å². The molecule has 0 spiro atoms. The Labute approximate surface area is 141 Å². The smallest absolute Gasteiger partial charge is 0.140 e. The zero-order chi connectivity index (χ0) is 16.1. The van der Waals surface area contributed by atoms with Crippen molar-refractivity contribution >= 4 is 17.0 Å². The second-order valence-electron chi connectivity index (χ2n) is 6.17. The van der Waals surface area contributed by atoms with E-state index in [-0.39, 0.29) is 0 Å². The molecule has 0 radical (unpaired) electrons. The molecule has 23 heavy (non-hydrogen) atoms. The lowest BCUT2D eigenvalue weighted by molar-refractivity contribution is 0.145. The Morgan fingerprint density at radius 3 is 2.83 bits per heavy atom. The molecule has 1 aliphatic heterocycles. The summed E-state index contributed by atoms with van der Waals surface area (Å²) in [6.07, 6.45) is 4.29. The summed E-state index contributed by atoms with van der Waals surface area (Å²) in [5.41, 5.74) is 1.42. The van der Waals surface area contributed by atoms with Gasteiger partial charge in [0.05, 0.1) is 17.9 Å². The Hall–Kier alpha value is -1.90. The first kappa shape index (κ1) is 16.0. The van der Waals surface area contributed by atoms with Gasteiger partial charge < -0.3 is 5.32 Å². The van der Waals surface area contributed by atoms with E-state index in [1.807, 2.05) is 17.4 Å². The number of aromatic nitrogens is 1. The molecule has 120 valence electrons. The number of anilines is 1. The molecule has 5 heteroatoms. The summed E-state index contributed by atoms with van der Waals surface area (Å²) >= 11 is 1.83. The van der Waals surface area contributed by atoms with Gasteiger partial charge in [-0.1, -0.05) is 13.0 Å². The summed E-state index contributed by atoms with van der Waals surface area (Å²) < 4.78 is 0. The quantitative estimate of drug-likeness (QED) is 0.905. The Morgan fingerprint density at radius 1 is 1.39 bits per heavy atom. The Bertz CT molecular complexity index is 637. The maximum atomic E-state index is 8.82. The molecule has 1 saturated heterocycles. The predicted octanol–water partition coefficient (Wildman–Crippen LogP) is 3.90. The highest BCUT2D eigenvalue weighted by Crippen LogP contribution is 2.29. The normalized spacial score (nSPS) is 17.6. The molecular formula is C18H22N4S. The molecular weight excluding hydrogens is 304 g/mol. The van der Waals surface area contributed by atoms with Crippen molar-refractivity contribution in [3.05, 3.63) is 46.4 Å². The van der Waals surface area contributed by atoms with Crippen molar-refractivity contribution in [2.75, 3.05) is 25.0 Å². The average Bonchev–Trinajstić information content (AvgIpc) is 3.11. The van der Waals surface area contributed by atoms with E-state index in [0.29, 0.717) is 11.7 Å². The third-order valence-corrected chi connectivity index (χ3v) is 5.48. The monoisotopic (exact) mass is 326 g/mol. The van der Waals surface area contributed by atoms with Gasteiger partial charge in [-0.2, -0.15) is 5.26 Å². The number of piperidine rings is 1. The second kappa shape index (κ2) is 7.58. The Balaban J connectivity index is 1.67. The minimum absolute atomic E-state index is 0.401. The standard InChI is InChI=1S/C18H22N4S/c1-14-6-8-22(9-7-14)17(18-3-2-10-23-18)13-21-16-5-4-15(11-19)20-12-16/h2-5,10,12,14,17,21H,6-9,13H2,1H3. The van der Waals surface area contributed by atoms with Crippen molar-refractivity contribution < 1.29 is 0 Å². The van der Waals surface area contributed by atoms with Gasteiger partial charge in [-0.15, -0.1) is 11.3 Å². The lowest BCUT2D eigenvalue weighted by Gasteiger charge is -2.36. The highest BCUT2D eigenvalue weighted by Gasteiger charge is 2.25. The maximum absolute atomic E-state index is 8.82. The zero-order valence-electron chi connectivity index (χ0n) is 13.4. The molecule has 0 amide bonds. The van der Waals surface area contributed by atoms with Crippen LogP contribution >= 0.6 is 11.3 Å². The van der Waals surface area contributed by atoms with E-state index in [1.165, 1.54) is 17.7 Å². The molecule has 3 rings (SSSR count). The zero-order valence-corrected chi connectivity index (χ0v) is 14.2. The molecule has 1 N–H and O–H groups in total. The van der Waals surface area contributed by atoms with Gasteiger partial charge in [-0.3, -0.25) is 4.90 Å². The van der Waals surface area contributed by atoms with Gasteiger partial charge in [-0.25, -0.2) is 4.98 Å². The van der Waals surface area contributed by atoms with E-state index >= 15 is 0 Å². The number of pyridine rings is 1. The van der Waals surface area contributed by atoms with E-state index in [0.717, 1.165) is 31.2 Å². The summed E-state index contributed by atoms with van der Waals surface area (Å²) in [6.45, 7) is 5.54. The number of thiophene rings is 1. The van der Waals surface area contributed by atoms with Crippen LogP contribution in [0.15, 0.2) is 35.8 Å². The van der Waals surface area contributed by atoms with Gasteiger partial charge in [0.25, 0.3) is 0 Å². The third-order valence-electron chi connectivity index (χ3n) is 4.51. The summed E-state index contributed by atoms with van der Waals surface area (Å²) in [4.78, 5) is 8.13. The lowest BCUT2D eigenvalue weighted by Crippen LogP contribution is -2.38. The second-order valence-corrected chi connectivity index (χ2v) is 7.15. The molecule has 3 heterocycles. The van der Waals surface area contributed by atoms with Crippen LogP contribution in [0.1, 0.15) is 36.4 Å². The van der Waals surface area contributed by atoms with Crippen LogP contribution in [0.4, 0.5) is 5.69 Å². The highest BCUT2D eigenvalue weighted by atomic mass is 32.1. The maximum Gasteiger partial charge on any atom is 0.140 e. The molecule has 0 saturated carbocycles. The van der Waals surface area contributed by atoms with Crippen LogP contribution in [0.25, 0.3) is 0 Å². The van der Waals surface area contributed by atoms with Crippen molar-refractivity contribution in [1.29, 1.82) is 5.26 Å². The first-order chi connectivity index (χ1) is 11.3. The van der Waals surface area contributed by atoms with Gasteiger partial charge in [-0.05, 0) is 55.4 Å². The van der Waals surface area contributed by atoms with Gasteiger partial charge in [0, 0.05) is 11.4 Å². The van der Waals surface area contributed by atoms with Crippen molar-refractivity contribution in [1.82, 2.24) is 9.88 Å². The number of nitrogens with zero attached hydrogens (tertiary/aromatic N) is 3. The average molecular weight is 326 g/mol. The first-order valence-electron chi connectivity index (χ1n) is 8.13. The summed E-state index contributed by atoms with van der Waals surface area (Å²) in [6, 6.07) is 10.5. The molecule has 4 nitrogen and oxygen atoms in total. The number of likely N-dealkylation sites (tertiary alicyclic amines) is 1. The highest BCUT2D eigenvalue weighted by molar-refractivity contribution is 7.10. The van der Waals surface area contributed by atoms with Crippen LogP contribution in [0.5, 0.6) is 0 Å². The van der Waals surface area contributed by atoms with Crippen LogP contribution in [0, 0.1) is 17.2 Å². The lowest BCUT2D eigenvalue weighted by atomic mass is 9.97. The van der Waals surface area contributed by atoms with Gasteiger partial charge >= 0.3 is 0 Å². The van der Waals surface area contributed by atoms with Crippen LogP contribution in [0.3, 0.4) is 0 Å². The summed E-state index contributed by atoms with van der Waals surface area (Å²) in [5, 5.41) is 14.5. The van der Waals surface area contributed by atoms with Gasteiger partial charge in [0.2, 0.25) is 0 Å². The largest absolute Gasteiger partial charge is 0.382 e. The molecule has 1 aliphatic rings. The molecule has 0 aromatic carbocycles. The number of hydrogen-bond donors (Lipinski definition) is 1. The van der Waals surface area contributed by atoms with Gasteiger partial charge in [0.1, 0.15) is 11.8 Å². The topological polar surface area (TPSA) is 52.0 Å². The number of nitriles is 1. The van der Waals surface area contributed by atoms with Crippen molar-refractivity contribution in [3.63, 3.8) is 0 Å². The number of nitrogens with one attached hydrogen (secondary N) is 1. The fraction of sp³-hybridized carbons (Fsp3) is 0.444. The first-order valence-corrected chi connectivity index (χ1v) is 9.01. The molecule has 1 fully saturated rings. The minimum Gasteiger partial charge on any atom is -0.382 e. The van der Waals surface area contributed by atoms with Crippen LogP contribution in [0.2, 0.25) is 0 Å². The van der Waals surface area contributed by atoms with Crippen molar-refractivity contribution in [2.45, 2.75) is 25.8 Å². The van der Waals surface area contributed by atoms with E-state index in [9.17, 15) is 0 Å². The van der Waals surface area contributed by atoms with E-state index in [1.54, 1.807) is 12.3 Å². The molecule has 2 aromatic heterocycles. The SMILES string of the molecule is CC1CCN(C(CNc2ccc(C#N)nc2)c2cccs2)CC1. The van der Waals surface area contributed by atoms with Crippen LogP contribution in [-0.4, -0.2) is 29.5 Å². The minimum atomic E-state index is 0.401. The number of hydrogen-bond acceptors (Lipinski definition) is 5. The van der Waals surface area contributed by atoms with Crippen molar-refractivity contribution in [2.24, 2.45) is 5.92 Å².